The molecule has 2 aliphatic rings. The van der Waals surface area contributed by atoms with E-state index in [0.717, 1.165) is 77.2 Å². The van der Waals surface area contributed by atoms with Crippen molar-refractivity contribution in [3.63, 3.8) is 0 Å². The number of rotatable bonds is 8. The number of methoxy groups -OCH3 is 1. The summed E-state index contributed by atoms with van der Waals surface area (Å²) >= 11 is 0. The van der Waals surface area contributed by atoms with Crippen LogP contribution in [-0.4, -0.2) is 83.7 Å². The van der Waals surface area contributed by atoms with Crippen molar-refractivity contribution < 1.29 is 14.2 Å². The number of guanidine groups is 1. The van der Waals surface area contributed by atoms with Crippen LogP contribution in [0.15, 0.2) is 29.3 Å². The molecule has 7 nitrogen and oxygen atoms in total. The molecule has 2 fully saturated rings. The first-order valence-electron chi connectivity index (χ1n) is 10.3. The molecule has 156 valence electrons. The number of morpholine rings is 1. The molecular formula is C21H34N4O3. The molecule has 0 aliphatic carbocycles. The van der Waals surface area contributed by atoms with Crippen LogP contribution in [0.25, 0.3) is 0 Å². The lowest BCUT2D eigenvalue weighted by Crippen LogP contribution is -2.53. The number of aliphatic imine (C=N–C) groups is 1. The Morgan fingerprint density at radius 3 is 2.75 bits per heavy atom. The Morgan fingerprint density at radius 2 is 2.04 bits per heavy atom. The van der Waals surface area contributed by atoms with Gasteiger partial charge in [-0.3, -0.25) is 9.89 Å². The van der Waals surface area contributed by atoms with Gasteiger partial charge >= 0.3 is 0 Å². The van der Waals surface area contributed by atoms with Gasteiger partial charge in [0.25, 0.3) is 0 Å². The molecule has 0 saturated carbocycles. The van der Waals surface area contributed by atoms with Crippen molar-refractivity contribution >= 4 is 5.96 Å². The van der Waals surface area contributed by atoms with Crippen molar-refractivity contribution in [2.24, 2.45) is 10.9 Å². The largest absolute Gasteiger partial charge is 0.496 e. The van der Waals surface area contributed by atoms with Crippen molar-refractivity contribution in [2.45, 2.75) is 18.9 Å². The van der Waals surface area contributed by atoms with E-state index >= 15 is 0 Å². The fourth-order valence-electron chi connectivity index (χ4n) is 4.01. The summed E-state index contributed by atoms with van der Waals surface area (Å²) < 4.78 is 16.6. The Hall–Kier alpha value is -1.83. The van der Waals surface area contributed by atoms with E-state index in [0.29, 0.717) is 12.0 Å². The summed E-state index contributed by atoms with van der Waals surface area (Å²) in [6.45, 7) is 7.00. The second-order valence-corrected chi connectivity index (χ2v) is 7.28. The van der Waals surface area contributed by atoms with Gasteiger partial charge < -0.3 is 24.8 Å². The lowest BCUT2D eigenvalue weighted by atomic mass is 9.97. The van der Waals surface area contributed by atoms with Crippen molar-refractivity contribution in [3.05, 3.63) is 29.8 Å². The van der Waals surface area contributed by atoms with Crippen LogP contribution in [0, 0.1) is 5.92 Å². The van der Waals surface area contributed by atoms with Crippen molar-refractivity contribution in [3.8, 4) is 5.75 Å². The monoisotopic (exact) mass is 390 g/mol. The lowest BCUT2D eigenvalue weighted by Gasteiger charge is -2.37. The van der Waals surface area contributed by atoms with Gasteiger partial charge in [0, 0.05) is 51.8 Å². The molecule has 2 unspecified atom stereocenters. The molecule has 0 radical (unpaired) electrons. The van der Waals surface area contributed by atoms with E-state index in [2.05, 4.69) is 26.6 Å². The Labute approximate surface area is 168 Å². The molecule has 2 N–H and O–H groups in total. The van der Waals surface area contributed by atoms with Crippen LogP contribution in [0.4, 0.5) is 0 Å². The molecule has 28 heavy (non-hydrogen) atoms. The van der Waals surface area contributed by atoms with Crippen molar-refractivity contribution in [1.82, 2.24) is 15.5 Å². The van der Waals surface area contributed by atoms with E-state index in [4.69, 9.17) is 14.2 Å². The summed E-state index contributed by atoms with van der Waals surface area (Å²) in [6.07, 6.45) is 2.01. The van der Waals surface area contributed by atoms with Gasteiger partial charge in [-0.25, -0.2) is 0 Å². The standard InChI is InChI=1S/C21H34N4O3/c1-22-21(23-9-7-17-5-3-4-6-20(17)26-2)24-15-19(18-8-12-28-16-18)25-10-13-27-14-11-25/h3-6,18-19H,7-16H2,1-2H3,(H2,22,23,24). The van der Waals surface area contributed by atoms with Crippen molar-refractivity contribution in [2.75, 3.05) is 66.8 Å². The highest BCUT2D eigenvalue weighted by Gasteiger charge is 2.31. The average Bonchev–Trinajstić information content (AvgIpc) is 3.28. The van der Waals surface area contributed by atoms with Crippen molar-refractivity contribution in [1.29, 1.82) is 0 Å². The molecule has 7 heteroatoms. The first kappa shape index (κ1) is 20.9. The Morgan fingerprint density at radius 1 is 1.21 bits per heavy atom. The number of hydrogen-bond donors (Lipinski definition) is 2. The summed E-state index contributed by atoms with van der Waals surface area (Å²) in [4.78, 5) is 6.93. The summed E-state index contributed by atoms with van der Waals surface area (Å²) in [5.41, 5.74) is 1.20. The Kier molecular flexibility index (Phi) is 8.39. The van der Waals surface area contributed by atoms with E-state index < -0.39 is 0 Å². The van der Waals surface area contributed by atoms with Gasteiger partial charge in [-0.2, -0.15) is 0 Å². The van der Waals surface area contributed by atoms with Crippen LogP contribution in [0.2, 0.25) is 0 Å². The predicted octanol–water partition coefficient (Wildman–Crippen LogP) is 1.14. The molecule has 2 aliphatic heterocycles. The quantitative estimate of drug-likeness (QED) is 0.513. The van der Waals surface area contributed by atoms with Crippen LogP contribution in [0.5, 0.6) is 5.75 Å². The number of benzene rings is 1. The lowest BCUT2D eigenvalue weighted by molar-refractivity contribution is 0.00247. The third kappa shape index (κ3) is 5.83. The zero-order valence-electron chi connectivity index (χ0n) is 17.2. The van der Waals surface area contributed by atoms with Crippen LogP contribution in [-0.2, 0) is 15.9 Å². The van der Waals surface area contributed by atoms with Crippen LogP contribution in [0.1, 0.15) is 12.0 Å². The van der Waals surface area contributed by atoms with Gasteiger partial charge in [0.15, 0.2) is 5.96 Å². The Bertz CT molecular complexity index is 613. The maximum atomic E-state index is 5.65. The van der Waals surface area contributed by atoms with Gasteiger partial charge in [-0.05, 0) is 24.5 Å². The minimum Gasteiger partial charge on any atom is -0.496 e. The van der Waals surface area contributed by atoms with Crippen LogP contribution >= 0.6 is 0 Å². The summed E-state index contributed by atoms with van der Waals surface area (Å²) in [5, 5.41) is 6.96. The molecular weight excluding hydrogens is 356 g/mol. The summed E-state index contributed by atoms with van der Waals surface area (Å²) in [5.74, 6) is 2.34. The summed E-state index contributed by atoms with van der Waals surface area (Å²) in [7, 11) is 3.53. The molecule has 2 saturated heterocycles. The number of hydrogen-bond acceptors (Lipinski definition) is 5. The van der Waals surface area contributed by atoms with Gasteiger partial charge in [0.1, 0.15) is 5.75 Å². The highest BCUT2D eigenvalue weighted by molar-refractivity contribution is 5.79. The van der Waals surface area contributed by atoms with E-state index in [1.807, 2.05) is 25.2 Å². The normalized spacial score (nSPS) is 22.1. The maximum absolute atomic E-state index is 5.65. The fraction of sp³-hybridized carbons (Fsp3) is 0.667. The number of ether oxygens (including phenoxy) is 3. The zero-order chi connectivity index (χ0) is 19.6. The SMILES string of the molecule is CN=C(NCCc1ccccc1OC)NCC(C1CCOC1)N1CCOCC1. The van der Waals surface area contributed by atoms with E-state index in [-0.39, 0.29) is 0 Å². The van der Waals surface area contributed by atoms with E-state index in [9.17, 15) is 0 Å². The second-order valence-electron chi connectivity index (χ2n) is 7.28. The Balaban J connectivity index is 1.49. The number of nitrogens with zero attached hydrogens (tertiary/aromatic N) is 2. The highest BCUT2D eigenvalue weighted by atomic mass is 16.5. The molecule has 1 aromatic carbocycles. The molecule has 0 bridgehead atoms. The van der Waals surface area contributed by atoms with Gasteiger partial charge in [0.05, 0.1) is 26.9 Å². The predicted molar refractivity (Wildman–Crippen MR) is 111 cm³/mol. The first-order valence-corrected chi connectivity index (χ1v) is 10.3. The fourth-order valence-corrected chi connectivity index (χ4v) is 4.01. The van der Waals surface area contributed by atoms with Crippen LogP contribution < -0.4 is 15.4 Å². The van der Waals surface area contributed by atoms with Gasteiger partial charge in [0.2, 0.25) is 0 Å². The van der Waals surface area contributed by atoms with Gasteiger partial charge in [-0.1, -0.05) is 18.2 Å². The third-order valence-electron chi connectivity index (χ3n) is 5.61. The molecule has 2 heterocycles. The summed E-state index contributed by atoms with van der Waals surface area (Å²) in [6, 6.07) is 8.58. The minimum atomic E-state index is 0.444. The molecule has 2 atom stereocenters. The first-order chi connectivity index (χ1) is 13.8. The number of para-hydroxylation sites is 1. The molecule has 1 aromatic rings. The topological polar surface area (TPSA) is 67.4 Å². The maximum Gasteiger partial charge on any atom is 0.191 e. The second kappa shape index (κ2) is 11.2. The molecule has 0 amide bonds. The van der Waals surface area contributed by atoms with Crippen LogP contribution in [0.3, 0.4) is 0 Å². The molecule has 0 spiro atoms. The minimum absolute atomic E-state index is 0.444. The smallest absolute Gasteiger partial charge is 0.191 e. The zero-order valence-corrected chi connectivity index (χ0v) is 17.2. The van der Waals surface area contributed by atoms with Gasteiger partial charge in [-0.15, -0.1) is 0 Å². The molecule has 0 aromatic heterocycles. The highest BCUT2D eigenvalue weighted by Crippen LogP contribution is 2.22. The third-order valence-corrected chi connectivity index (χ3v) is 5.61. The van der Waals surface area contributed by atoms with E-state index in [1.165, 1.54) is 5.56 Å². The van der Waals surface area contributed by atoms with E-state index in [1.54, 1.807) is 7.11 Å². The molecule has 3 rings (SSSR count). The average molecular weight is 391 g/mol. The number of nitrogens with one attached hydrogen (secondary N) is 2.